The molecule has 0 N–H and O–H groups in total. The maximum atomic E-state index is 3.46. The van der Waals surface area contributed by atoms with Crippen LogP contribution >= 0.6 is 0 Å². The molecule has 0 fully saturated rings. The van der Waals surface area contributed by atoms with E-state index in [9.17, 15) is 0 Å². The average molecular weight is 185 g/mol. The first-order chi connectivity index (χ1) is 1.91. The van der Waals surface area contributed by atoms with Gasteiger partial charge in [-0.1, -0.05) is 0 Å². The summed E-state index contributed by atoms with van der Waals surface area (Å²) in [5.74, 6) is 0. The molecule has 2 heteroatoms. The molecule has 0 aliphatic heterocycles. The van der Waals surface area contributed by atoms with Crippen LogP contribution in [-0.2, 0) is 17.1 Å². The largest absolute Gasteiger partial charge is 0 e. The molecule has 0 aromatic rings. The minimum Gasteiger partial charge on any atom is 0 e. The molecule has 0 heterocycles. The van der Waals surface area contributed by atoms with Gasteiger partial charge in [0, 0.05) is 17.1 Å². The Morgan fingerprint density at radius 1 is 1.80 bits per heavy atom. The summed E-state index contributed by atoms with van der Waals surface area (Å²) in [6.45, 7) is 3.46. The Balaban J connectivity index is 0. The molecule has 0 bridgehead atoms. The molecule has 0 saturated carbocycles. The first kappa shape index (κ1) is 9.24. The van der Waals surface area contributed by atoms with E-state index in [1.165, 1.54) is 0 Å². The number of rotatable bonds is 1. The van der Waals surface area contributed by atoms with Gasteiger partial charge < -0.3 is 0 Å². The van der Waals surface area contributed by atoms with E-state index in [1.807, 2.05) is 6.08 Å². The molecule has 0 atom stereocenters. The Morgan fingerprint density at radius 2 is 2.00 bits per heavy atom. The quantitative estimate of drug-likeness (QED) is 0.411. The van der Waals surface area contributed by atoms with Crippen molar-refractivity contribution in [2.45, 2.75) is 5.32 Å². The van der Waals surface area contributed by atoms with Gasteiger partial charge >= 0.3 is 34.0 Å². The minimum absolute atomic E-state index is 0. The second-order valence-electron chi connectivity index (χ2n) is 0.471. The molecule has 0 nitrogen and oxygen atoms in total. The van der Waals surface area contributed by atoms with Crippen molar-refractivity contribution < 1.29 is 17.1 Å². The molecule has 1 radical (unpaired) electrons. The van der Waals surface area contributed by atoms with Crippen LogP contribution in [0.1, 0.15) is 0 Å². The SMILES string of the molecule is C=CC[SeH].[Cu]. The molecule has 0 unspecified atom stereocenters. The summed E-state index contributed by atoms with van der Waals surface area (Å²) >= 11 is 2.42. The Bertz CT molecular complexity index is 20.9. The van der Waals surface area contributed by atoms with E-state index in [0.717, 1.165) is 5.32 Å². The number of hydrogen-bond donors (Lipinski definition) is 0. The second-order valence-corrected chi connectivity index (χ2v) is 1.24. The van der Waals surface area contributed by atoms with Crippen LogP contribution in [0.4, 0.5) is 0 Å². The Labute approximate surface area is 51.3 Å². The van der Waals surface area contributed by atoms with Gasteiger partial charge in [0.1, 0.15) is 0 Å². The summed E-state index contributed by atoms with van der Waals surface area (Å²) in [5, 5.41) is 1.02. The van der Waals surface area contributed by atoms with E-state index in [2.05, 4.69) is 22.6 Å². The number of allylic oxidation sites excluding steroid dienone is 1. The van der Waals surface area contributed by atoms with Crippen molar-refractivity contribution in [3.8, 4) is 0 Å². The van der Waals surface area contributed by atoms with E-state index in [1.54, 1.807) is 0 Å². The van der Waals surface area contributed by atoms with Crippen molar-refractivity contribution in [2.75, 3.05) is 0 Å². The van der Waals surface area contributed by atoms with E-state index >= 15 is 0 Å². The number of hydrogen-bond acceptors (Lipinski definition) is 0. The molecule has 0 saturated heterocycles. The molecule has 0 amide bonds. The van der Waals surface area contributed by atoms with Gasteiger partial charge in [-0.15, -0.1) is 0 Å². The monoisotopic (exact) mass is 185 g/mol. The zero-order chi connectivity index (χ0) is 3.41. The van der Waals surface area contributed by atoms with Gasteiger partial charge in [0.05, 0.1) is 0 Å². The van der Waals surface area contributed by atoms with Crippen molar-refractivity contribution >= 4 is 16.0 Å². The Kier molecular flexibility index (Phi) is 16.3. The summed E-state index contributed by atoms with van der Waals surface area (Å²) in [6.07, 6.45) is 1.85. The summed E-state index contributed by atoms with van der Waals surface area (Å²) < 4.78 is 0. The van der Waals surface area contributed by atoms with Crippen LogP contribution in [0.5, 0.6) is 0 Å². The maximum absolute atomic E-state index is 3.46. The molecule has 0 rings (SSSR count). The van der Waals surface area contributed by atoms with Gasteiger partial charge in [-0.3, -0.25) is 0 Å². The third-order valence-electron chi connectivity index (χ3n) is 0.129. The zero-order valence-electron chi connectivity index (χ0n) is 2.74. The molecule has 0 spiro atoms. The molecule has 0 aliphatic rings. The summed E-state index contributed by atoms with van der Waals surface area (Å²) in [7, 11) is 0. The van der Waals surface area contributed by atoms with Crippen LogP contribution in [0.25, 0.3) is 0 Å². The predicted molar refractivity (Wildman–Crippen MR) is 22.2 cm³/mol. The molecule has 0 aromatic carbocycles. The van der Waals surface area contributed by atoms with Gasteiger partial charge in [0.25, 0.3) is 0 Å². The fraction of sp³-hybridized carbons (Fsp3) is 0.333. The minimum atomic E-state index is 0. The Morgan fingerprint density at radius 3 is 2.00 bits per heavy atom. The summed E-state index contributed by atoms with van der Waals surface area (Å²) in [5.41, 5.74) is 0. The zero-order valence-corrected chi connectivity index (χ0v) is 5.56. The van der Waals surface area contributed by atoms with Gasteiger partial charge in [0.2, 0.25) is 0 Å². The van der Waals surface area contributed by atoms with Gasteiger partial charge in [-0.05, 0) is 0 Å². The van der Waals surface area contributed by atoms with E-state index in [4.69, 9.17) is 0 Å². The van der Waals surface area contributed by atoms with Crippen LogP contribution in [0.3, 0.4) is 0 Å². The van der Waals surface area contributed by atoms with Crippen LogP contribution in [0, 0.1) is 0 Å². The first-order valence-electron chi connectivity index (χ1n) is 1.13. The molecule has 0 aromatic heterocycles. The third-order valence-corrected chi connectivity index (χ3v) is 0.671. The van der Waals surface area contributed by atoms with Gasteiger partial charge in [-0.2, -0.15) is 0 Å². The van der Waals surface area contributed by atoms with E-state index < -0.39 is 0 Å². The van der Waals surface area contributed by atoms with Crippen LogP contribution in [0.15, 0.2) is 12.7 Å². The summed E-state index contributed by atoms with van der Waals surface area (Å²) in [4.78, 5) is 0. The van der Waals surface area contributed by atoms with Crippen molar-refractivity contribution in [1.29, 1.82) is 0 Å². The molecular formula is C3H6CuSe. The fourth-order valence-electron chi connectivity index (χ4n) is 0. The van der Waals surface area contributed by atoms with Crippen molar-refractivity contribution in [1.82, 2.24) is 0 Å². The van der Waals surface area contributed by atoms with Crippen molar-refractivity contribution in [3.05, 3.63) is 12.7 Å². The molecular weight excluding hydrogens is 179 g/mol. The first-order valence-corrected chi connectivity index (χ1v) is 2.46. The Hall–Kier alpha value is 0.779. The molecule has 5 heavy (non-hydrogen) atoms. The van der Waals surface area contributed by atoms with Crippen molar-refractivity contribution in [2.24, 2.45) is 0 Å². The molecule has 35 valence electrons. The third kappa shape index (κ3) is 11.7. The van der Waals surface area contributed by atoms with E-state index in [-0.39, 0.29) is 17.1 Å². The van der Waals surface area contributed by atoms with Crippen LogP contribution in [-0.4, -0.2) is 16.0 Å². The van der Waals surface area contributed by atoms with Gasteiger partial charge in [0.15, 0.2) is 0 Å². The van der Waals surface area contributed by atoms with Crippen LogP contribution in [0.2, 0.25) is 5.32 Å². The normalized spacial score (nSPS) is 5.00. The topological polar surface area (TPSA) is 0 Å². The van der Waals surface area contributed by atoms with E-state index in [0.29, 0.717) is 0 Å². The second kappa shape index (κ2) is 8.84. The fourth-order valence-corrected chi connectivity index (χ4v) is 0. The summed E-state index contributed by atoms with van der Waals surface area (Å²) in [6, 6.07) is 0. The average Bonchev–Trinajstić information content (AvgIpc) is 1.37. The smallest absolute Gasteiger partial charge is 0 e. The van der Waals surface area contributed by atoms with Gasteiger partial charge in [-0.25, -0.2) is 0 Å². The standard InChI is InChI=1S/C3H6Se.Cu/c1-2-3-4;/h2,4H,1,3H2;. The molecule has 0 aliphatic carbocycles. The van der Waals surface area contributed by atoms with Crippen molar-refractivity contribution in [3.63, 3.8) is 0 Å². The maximum Gasteiger partial charge on any atom is 0 e. The predicted octanol–water partition coefficient (Wildman–Crippen LogP) is 0.489. The van der Waals surface area contributed by atoms with Crippen LogP contribution < -0.4 is 0 Å².